The van der Waals surface area contributed by atoms with E-state index in [2.05, 4.69) is 39.6 Å². The number of rotatable bonds is 4. The minimum Gasteiger partial charge on any atom is -0.465 e. The van der Waals surface area contributed by atoms with E-state index in [0.717, 1.165) is 37.2 Å². The number of hydrogen-bond acceptors (Lipinski definition) is 4. The van der Waals surface area contributed by atoms with Crippen molar-refractivity contribution >= 4 is 21.9 Å². The lowest BCUT2D eigenvalue weighted by Gasteiger charge is -2.37. The molecular formula is C16H23BrN2O2. The van der Waals surface area contributed by atoms with Crippen LogP contribution in [0.5, 0.6) is 0 Å². The summed E-state index contributed by atoms with van der Waals surface area (Å²) < 4.78 is 5.71. The quantitative estimate of drug-likeness (QED) is 0.778. The number of ether oxygens (including phenoxy) is 1. The van der Waals surface area contributed by atoms with Crippen LogP contribution in [-0.2, 0) is 11.3 Å². The molecule has 2 rings (SSSR count). The van der Waals surface area contributed by atoms with Crippen molar-refractivity contribution in [2.24, 2.45) is 0 Å². The molecular weight excluding hydrogens is 332 g/mol. The van der Waals surface area contributed by atoms with Crippen LogP contribution in [0.1, 0.15) is 29.8 Å². The number of methoxy groups -OCH3 is 1. The summed E-state index contributed by atoms with van der Waals surface area (Å²) in [5.41, 5.74) is 1.79. The molecule has 1 aromatic carbocycles. The number of carbonyl (C=O) groups is 1. The SMILES string of the molecule is COC(=O)c1ccc(CN2CCN(C(C)C)CC2)c(Br)c1. The smallest absolute Gasteiger partial charge is 0.337 e. The number of nitrogens with zero attached hydrogens (tertiary/aromatic N) is 2. The molecule has 5 heteroatoms. The van der Waals surface area contributed by atoms with Crippen LogP contribution >= 0.6 is 15.9 Å². The number of piperazine rings is 1. The molecule has 1 aliphatic rings. The van der Waals surface area contributed by atoms with Gasteiger partial charge in [0, 0.05) is 43.2 Å². The normalized spacial score (nSPS) is 17.2. The second-order valence-electron chi connectivity index (χ2n) is 5.70. The van der Waals surface area contributed by atoms with Gasteiger partial charge in [0.25, 0.3) is 0 Å². The van der Waals surface area contributed by atoms with E-state index in [-0.39, 0.29) is 5.97 Å². The second-order valence-corrected chi connectivity index (χ2v) is 6.56. The summed E-state index contributed by atoms with van der Waals surface area (Å²) in [6, 6.07) is 6.30. The third-order valence-corrected chi connectivity index (χ3v) is 4.74. The van der Waals surface area contributed by atoms with Crippen LogP contribution in [0.25, 0.3) is 0 Å². The summed E-state index contributed by atoms with van der Waals surface area (Å²) in [4.78, 5) is 16.5. The molecule has 1 aromatic rings. The number of esters is 1. The van der Waals surface area contributed by atoms with Crippen LogP contribution in [0.4, 0.5) is 0 Å². The molecule has 0 radical (unpaired) electrons. The standard InChI is InChI=1S/C16H23BrN2O2/c1-12(2)19-8-6-18(7-9-19)11-14-5-4-13(10-15(14)17)16(20)21-3/h4-5,10,12H,6-9,11H2,1-3H3. The van der Waals surface area contributed by atoms with Gasteiger partial charge in [0.15, 0.2) is 0 Å². The first-order chi connectivity index (χ1) is 10.0. The van der Waals surface area contributed by atoms with Gasteiger partial charge in [0.1, 0.15) is 0 Å². The maximum absolute atomic E-state index is 11.5. The third-order valence-electron chi connectivity index (χ3n) is 4.01. The van der Waals surface area contributed by atoms with Crippen molar-refractivity contribution in [1.29, 1.82) is 0 Å². The highest BCUT2D eigenvalue weighted by molar-refractivity contribution is 9.10. The molecule has 0 N–H and O–H groups in total. The van der Waals surface area contributed by atoms with Gasteiger partial charge >= 0.3 is 5.97 Å². The molecule has 0 aliphatic carbocycles. The van der Waals surface area contributed by atoms with Crippen LogP contribution in [0, 0.1) is 0 Å². The Morgan fingerprint density at radius 1 is 1.29 bits per heavy atom. The molecule has 4 nitrogen and oxygen atoms in total. The maximum atomic E-state index is 11.5. The van der Waals surface area contributed by atoms with Crippen LogP contribution < -0.4 is 0 Å². The first-order valence-electron chi connectivity index (χ1n) is 7.34. The van der Waals surface area contributed by atoms with Crippen LogP contribution in [0.2, 0.25) is 0 Å². The predicted molar refractivity (Wildman–Crippen MR) is 87.5 cm³/mol. The molecule has 0 aromatic heterocycles. The van der Waals surface area contributed by atoms with Crippen molar-refractivity contribution in [2.45, 2.75) is 26.4 Å². The second kappa shape index (κ2) is 7.38. The van der Waals surface area contributed by atoms with Gasteiger partial charge in [-0.15, -0.1) is 0 Å². The molecule has 21 heavy (non-hydrogen) atoms. The van der Waals surface area contributed by atoms with Crippen LogP contribution in [0.3, 0.4) is 0 Å². The fourth-order valence-corrected chi connectivity index (χ4v) is 3.10. The van der Waals surface area contributed by atoms with E-state index in [0.29, 0.717) is 11.6 Å². The Morgan fingerprint density at radius 2 is 1.95 bits per heavy atom. The van der Waals surface area contributed by atoms with E-state index in [1.165, 1.54) is 12.7 Å². The minimum atomic E-state index is -0.298. The van der Waals surface area contributed by atoms with Gasteiger partial charge in [-0.25, -0.2) is 4.79 Å². The summed E-state index contributed by atoms with van der Waals surface area (Å²) >= 11 is 3.56. The zero-order valence-corrected chi connectivity index (χ0v) is 14.5. The van der Waals surface area contributed by atoms with Gasteiger partial charge in [-0.1, -0.05) is 22.0 Å². The summed E-state index contributed by atoms with van der Waals surface area (Å²) in [5.74, 6) is -0.298. The zero-order valence-electron chi connectivity index (χ0n) is 12.9. The van der Waals surface area contributed by atoms with Crippen LogP contribution in [0.15, 0.2) is 22.7 Å². The van der Waals surface area contributed by atoms with Gasteiger partial charge in [-0.05, 0) is 31.5 Å². The van der Waals surface area contributed by atoms with Gasteiger partial charge < -0.3 is 4.74 Å². The van der Waals surface area contributed by atoms with Crippen molar-refractivity contribution in [2.75, 3.05) is 33.3 Å². The van der Waals surface area contributed by atoms with E-state index in [4.69, 9.17) is 4.74 Å². The Labute approximate surface area is 135 Å². The van der Waals surface area contributed by atoms with Gasteiger partial charge in [-0.2, -0.15) is 0 Å². The van der Waals surface area contributed by atoms with Crippen molar-refractivity contribution < 1.29 is 9.53 Å². The predicted octanol–water partition coefficient (Wildman–Crippen LogP) is 2.76. The number of halogens is 1. The molecule has 0 bridgehead atoms. The largest absolute Gasteiger partial charge is 0.465 e. The third kappa shape index (κ3) is 4.28. The number of hydrogen-bond donors (Lipinski definition) is 0. The summed E-state index contributed by atoms with van der Waals surface area (Å²) in [6.07, 6.45) is 0. The van der Waals surface area contributed by atoms with Gasteiger partial charge in [0.2, 0.25) is 0 Å². The van der Waals surface area contributed by atoms with E-state index in [1.807, 2.05) is 18.2 Å². The summed E-state index contributed by atoms with van der Waals surface area (Å²) in [5, 5.41) is 0. The Balaban J connectivity index is 1.96. The lowest BCUT2D eigenvalue weighted by Crippen LogP contribution is -2.48. The molecule has 0 atom stereocenters. The Kier molecular flexibility index (Phi) is 5.79. The monoisotopic (exact) mass is 354 g/mol. The highest BCUT2D eigenvalue weighted by Gasteiger charge is 2.19. The summed E-state index contributed by atoms with van der Waals surface area (Å²) in [7, 11) is 1.40. The van der Waals surface area contributed by atoms with E-state index < -0.39 is 0 Å². The number of benzene rings is 1. The van der Waals surface area contributed by atoms with E-state index in [1.54, 1.807) is 0 Å². The van der Waals surface area contributed by atoms with Gasteiger partial charge in [0.05, 0.1) is 12.7 Å². The lowest BCUT2D eigenvalue weighted by atomic mass is 10.1. The molecule has 1 heterocycles. The molecule has 1 fully saturated rings. The Hall–Kier alpha value is -0.910. The van der Waals surface area contributed by atoms with Crippen molar-refractivity contribution in [3.05, 3.63) is 33.8 Å². The zero-order chi connectivity index (χ0) is 15.4. The molecule has 0 spiro atoms. The highest BCUT2D eigenvalue weighted by Crippen LogP contribution is 2.21. The first-order valence-corrected chi connectivity index (χ1v) is 8.13. The fraction of sp³-hybridized carbons (Fsp3) is 0.562. The fourth-order valence-electron chi connectivity index (χ4n) is 2.60. The molecule has 0 unspecified atom stereocenters. The molecule has 116 valence electrons. The highest BCUT2D eigenvalue weighted by atomic mass is 79.9. The van der Waals surface area contributed by atoms with Crippen molar-refractivity contribution in [3.63, 3.8) is 0 Å². The molecule has 1 aliphatic heterocycles. The Bertz CT molecular complexity index is 497. The van der Waals surface area contributed by atoms with Crippen molar-refractivity contribution in [1.82, 2.24) is 9.80 Å². The van der Waals surface area contributed by atoms with Gasteiger partial charge in [-0.3, -0.25) is 9.80 Å². The molecule has 0 saturated carbocycles. The Morgan fingerprint density at radius 3 is 2.48 bits per heavy atom. The van der Waals surface area contributed by atoms with Crippen LogP contribution in [-0.4, -0.2) is 55.1 Å². The molecule has 0 amide bonds. The van der Waals surface area contributed by atoms with E-state index in [9.17, 15) is 4.79 Å². The average molecular weight is 355 g/mol. The summed E-state index contributed by atoms with van der Waals surface area (Å²) in [6.45, 7) is 9.82. The number of carbonyl (C=O) groups excluding carboxylic acids is 1. The molecule has 1 saturated heterocycles. The average Bonchev–Trinajstić information content (AvgIpc) is 2.49. The maximum Gasteiger partial charge on any atom is 0.337 e. The van der Waals surface area contributed by atoms with E-state index >= 15 is 0 Å². The van der Waals surface area contributed by atoms with Crippen molar-refractivity contribution in [3.8, 4) is 0 Å². The topological polar surface area (TPSA) is 32.8 Å². The lowest BCUT2D eigenvalue weighted by molar-refractivity contribution is 0.0600. The minimum absolute atomic E-state index is 0.298. The first kappa shape index (κ1) is 16.5.